The van der Waals surface area contributed by atoms with E-state index >= 15 is 4.39 Å². The summed E-state index contributed by atoms with van der Waals surface area (Å²) >= 11 is 0. The number of carbonyl (C=O) groups excluding carboxylic acids is 2. The fourth-order valence-corrected chi connectivity index (χ4v) is 8.52. The van der Waals surface area contributed by atoms with Crippen LogP contribution in [0.2, 0.25) is 0 Å². The lowest BCUT2D eigenvalue weighted by Crippen LogP contribution is -2.39. The highest BCUT2D eigenvalue weighted by molar-refractivity contribution is 6.01. The SMILES string of the molecule is Cn1ncc2c(F)c(-n3ccn(-c4c(-c5ccc(F)cc5)nn5c4CN(C(=O)c4cc6cc(C7CCOCC7)ccc6n4-c4ccccc4C=O)CC5)c3=O)ccc21. The molecule has 4 aromatic carbocycles. The van der Waals surface area contributed by atoms with Gasteiger partial charge in [0.25, 0.3) is 5.91 Å². The van der Waals surface area contributed by atoms with Crippen molar-refractivity contribution >= 4 is 34.0 Å². The number of aryl methyl sites for hydroxylation is 1. The summed E-state index contributed by atoms with van der Waals surface area (Å²) in [7, 11) is 1.71. The predicted octanol–water partition coefficient (Wildman–Crippen LogP) is 6.96. The van der Waals surface area contributed by atoms with Crippen LogP contribution in [0.3, 0.4) is 0 Å². The molecule has 14 heteroatoms. The molecule has 0 saturated carbocycles. The Morgan fingerprint density at radius 1 is 0.879 bits per heavy atom. The Kier molecular flexibility index (Phi) is 8.51. The number of carbonyl (C=O) groups is 2. The molecule has 4 aromatic heterocycles. The Hall–Kier alpha value is -6.93. The number of hydrogen-bond donors (Lipinski definition) is 0. The smallest absolute Gasteiger partial charge is 0.337 e. The summed E-state index contributed by atoms with van der Waals surface area (Å²) in [4.78, 5) is 43.3. The van der Waals surface area contributed by atoms with Gasteiger partial charge in [-0.2, -0.15) is 10.2 Å². The predicted molar refractivity (Wildman–Crippen MR) is 213 cm³/mol. The van der Waals surface area contributed by atoms with E-state index in [1.54, 1.807) is 57.8 Å². The molecule has 290 valence electrons. The molecule has 0 spiro atoms. The first-order valence-corrected chi connectivity index (χ1v) is 19.1. The summed E-state index contributed by atoms with van der Waals surface area (Å²) in [5, 5.41) is 10.2. The van der Waals surface area contributed by atoms with Crippen molar-refractivity contribution in [3.63, 3.8) is 0 Å². The third kappa shape index (κ3) is 5.70. The number of rotatable bonds is 7. The number of halogens is 2. The quantitative estimate of drug-likeness (QED) is 0.162. The lowest BCUT2D eigenvalue weighted by Gasteiger charge is -2.29. The van der Waals surface area contributed by atoms with Crippen LogP contribution >= 0.6 is 0 Å². The maximum absolute atomic E-state index is 15.9. The molecule has 0 bridgehead atoms. The average Bonchev–Trinajstić information content (AvgIpc) is 4.03. The molecule has 8 aromatic rings. The number of benzene rings is 4. The van der Waals surface area contributed by atoms with Crippen LogP contribution in [0.15, 0.2) is 108 Å². The summed E-state index contributed by atoms with van der Waals surface area (Å²) in [6.45, 7) is 2.07. The molecule has 1 saturated heterocycles. The molecule has 1 fully saturated rings. The van der Waals surface area contributed by atoms with Gasteiger partial charge >= 0.3 is 5.69 Å². The molecule has 2 aliphatic rings. The van der Waals surface area contributed by atoms with E-state index in [9.17, 15) is 18.8 Å². The van der Waals surface area contributed by atoms with Crippen LogP contribution < -0.4 is 5.69 Å². The summed E-state index contributed by atoms with van der Waals surface area (Å²) in [6.07, 6.45) is 7.08. The second-order valence-electron chi connectivity index (χ2n) is 14.8. The number of imidazole rings is 1. The molecule has 6 heterocycles. The number of ether oxygens (including phenoxy) is 1. The average molecular weight is 779 g/mol. The van der Waals surface area contributed by atoms with Crippen molar-refractivity contribution in [1.29, 1.82) is 0 Å². The Bertz CT molecular complexity index is 2980. The van der Waals surface area contributed by atoms with Crippen LogP contribution in [-0.2, 0) is 24.9 Å². The minimum Gasteiger partial charge on any atom is -0.381 e. The molecular formula is C44H36F2N8O4. The molecule has 2 aliphatic heterocycles. The van der Waals surface area contributed by atoms with Gasteiger partial charge in [0.2, 0.25) is 0 Å². The van der Waals surface area contributed by atoms with Crippen molar-refractivity contribution in [2.24, 2.45) is 7.05 Å². The normalized spacial score (nSPS) is 14.7. The van der Waals surface area contributed by atoms with E-state index in [1.807, 2.05) is 28.8 Å². The van der Waals surface area contributed by atoms with Crippen molar-refractivity contribution in [3.05, 3.63) is 148 Å². The monoisotopic (exact) mass is 778 g/mol. The van der Waals surface area contributed by atoms with Gasteiger partial charge in [0.05, 0.1) is 52.8 Å². The first-order chi connectivity index (χ1) is 28.3. The van der Waals surface area contributed by atoms with E-state index in [1.165, 1.54) is 45.3 Å². The number of aromatic nitrogens is 7. The highest BCUT2D eigenvalue weighted by atomic mass is 19.1. The van der Waals surface area contributed by atoms with E-state index < -0.39 is 17.3 Å². The number of nitrogens with zero attached hydrogens (tertiary/aromatic N) is 8. The molecule has 12 nitrogen and oxygen atoms in total. The zero-order valence-corrected chi connectivity index (χ0v) is 31.4. The molecular weight excluding hydrogens is 743 g/mol. The molecule has 0 atom stereocenters. The third-order valence-corrected chi connectivity index (χ3v) is 11.5. The lowest BCUT2D eigenvalue weighted by atomic mass is 9.91. The van der Waals surface area contributed by atoms with Crippen molar-refractivity contribution in [2.75, 3.05) is 19.8 Å². The fraction of sp³-hybridized carbons (Fsp3) is 0.205. The van der Waals surface area contributed by atoms with E-state index in [-0.39, 0.29) is 23.5 Å². The molecule has 10 rings (SSSR count). The fourth-order valence-electron chi connectivity index (χ4n) is 8.52. The topological polar surface area (TPSA) is 114 Å². The van der Waals surface area contributed by atoms with Crippen LogP contribution in [0, 0.1) is 11.6 Å². The van der Waals surface area contributed by atoms with Crippen LogP contribution in [0.1, 0.15) is 50.9 Å². The molecule has 0 radical (unpaired) electrons. The maximum atomic E-state index is 15.9. The van der Waals surface area contributed by atoms with E-state index in [0.29, 0.717) is 77.3 Å². The van der Waals surface area contributed by atoms with Gasteiger partial charge in [0.1, 0.15) is 22.9 Å². The summed E-state index contributed by atoms with van der Waals surface area (Å²) in [5.41, 5.74) is 5.36. The Morgan fingerprint density at radius 3 is 2.47 bits per heavy atom. The number of amides is 1. The molecule has 0 N–H and O–H groups in total. The first kappa shape index (κ1) is 35.5. The van der Waals surface area contributed by atoms with Gasteiger partial charge in [-0.15, -0.1) is 0 Å². The highest BCUT2D eigenvalue weighted by Gasteiger charge is 2.32. The van der Waals surface area contributed by atoms with Gasteiger partial charge < -0.3 is 14.2 Å². The van der Waals surface area contributed by atoms with Crippen molar-refractivity contribution in [3.8, 4) is 28.3 Å². The van der Waals surface area contributed by atoms with Gasteiger partial charge in [-0.1, -0.05) is 18.2 Å². The second kappa shape index (κ2) is 13.9. The zero-order chi connectivity index (χ0) is 39.7. The first-order valence-electron chi connectivity index (χ1n) is 19.1. The Labute approximate surface area is 329 Å². The summed E-state index contributed by atoms with van der Waals surface area (Å²) in [5.74, 6) is -0.957. The number of aldehydes is 1. The van der Waals surface area contributed by atoms with Crippen molar-refractivity contribution < 1.29 is 23.1 Å². The van der Waals surface area contributed by atoms with E-state index in [4.69, 9.17) is 9.84 Å². The number of fused-ring (bicyclic) bond motifs is 3. The second-order valence-corrected chi connectivity index (χ2v) is 14.8. The molecule has 1 amide bonds. The Morgan fingerprint density at radius 2 is 1.66 bits per heavy atom. The lowest BCUT2D eigenvalue weighted by molar-refractivity contribution is 0.0698. The van der Waals surface area contributed by atoms with Gasteiger partial charge in [-0.25, -0.2) is 13.6 Å². The van der Waals surface area contributed by atoms with Gasteiger partial charge in [0.15, 0.2) is 12.1 Å². The van der Waals surface area contributed by atoms with E-state index in [2.05, 4.69) is 17.2 Å². The number of para-hydroxylation sites is 1. The standard InChI is InChI=1S/C44H36F2N8O4/c1-49-36-12-13-37(40(46)33(36)24-47-49)51-17-18-52(44(51)57)42-39-25-50(16-19-53(39)48-41(42)28-6-9-32(45)10-7-28)43(56)38-23-31-22-29(27-14-20-58-21-15-27)8-11-35(31)54(38)34-5-3-2-4-30(34)26-55/h2-13,17-18,22-24,26-27H,14-16,19-21,25H2,1H3. The van der Waals surface area contributed by atoms with Gasteiger partial charge in [0, 0.05) is 55.7 Å². The van der Waals surface area contributed by atoms with Gasteiger partial charge in [-0.05, 0) is 91.1 Å². The maximum Gasteiger partial charge on any atom is 0.337 e. The van der Waals surface area contributed by atoms with Gasteiger partial charge in [-0.3, -0.25) is 28.1 Å². The third-order valence-electron chi connectivity index (χ3n) is 11.5. The van der Waals surface area contributed by atoms with Crippen LogP contribution in [0.5, 0.6) is 0 Å². The number of hydrogen-bond acceptors (Lipinski definition) is 6. The summed E-state index contributed by atoms with van der Waals surface area (Å²) < 4.78 is 43.5. The van der Waals surface area contributed by atoms with Crippen LogP contribution in [-0.4, -0.2) is 70.1 Å². The Balaban J connectivity index is 1.09. The van der Waals surface area contributed by atoms with Crippen molar-refractivity contribution in [2.45, 2.75) is 31.8 Å². The minimum absolute atomic E-state index is 0.0498. The van der Waals surface area contributed by atoms with Crippen molar-refractivity contribution in [1.82, 2.24) is 38.2 Å². The van der Waals surface area contributed by atoms with Crippen LogP contribution in [0.4, 0.5) is 8.78 Å². The molecule has 0 aliphatic carbocycles. The minimum atomic E-state index is -0.593. The molecule has 58 heavy (non-hydrogen) atoms. The zero-order valence-electron chi connectivity index (χ0n) is 31.4. The highest BCUT2D eigenvalue weighted by Crippen LogP contribution is 2.35. The van der Waals surface area contributed by atoms with E-state index in [0.717, 1.165) is 30.0 Å². The molecule has 0 unspecified atom stereocenters. The van der Waals surface area contributed by atoms with Crippen LogP contribution in [0.25, 0.3) is 50.1 Å². The summed E-state index contributed by atoms with van der Waals surface area (Å²) in [6, 6.07) is 24.4. The largest absolute Gasteiger partial charge is 0.381 e.